The lowest BCUT2D eigenvalue weighted by molar-refractivity contribution is -0.126. The van der Waals surface area contributed by atoms with Gasteiger partial charge in [-0.25, -0.2) is 0 Å². The standard InChI is InChI=1S/C28H28N4O3/c1-18-7-5-8-21(12-18)16-29-27(34)28(4)17-31-24(15-23(30-31)25-9-6-10-35-25)26(33)32(28)22-13-19(2)11-20(3)14-22/h5-15H,16-17H2,1-4H3,(H,29,34)/t28-/m0/s1. The van der Waals surface area contributed by atoms with E-state index >= 15 is 0 Å². The number of nitrogens with zero attached hydrogens (tertiary/aromatic N) is 3. The summed E-state index contributed by atoms with van der Waals surface area (Å²) in [7, 11) is 0. The van der Waals surface area contributed by atoms with Crippen LogP contribution in [0.5, 0.6) is 0 Å². The van der Waals surface area contributed by atoms with E-state index in [1.54, 1.807) is 41.0 Å². The Balaban J connectivity index is 1.56. The van der Waals surface area contributed by atoms with Crippen molar-refractivity contribution in [1.82, 2.24) is 15.1 Å². The average Bonchev–Trinajstić information content (AvgIpc) is 3.47. The first-order valence-electron chi connectivity index (χ1n) is 11.6. The minimum atomic E-state index is -1.19. The molecule has 2 aromatic carbocycles. The van der Waals surface area contributed by atoms with Gasteiger partial charge in [0, 0.05) is 18.3 Å². The highest BCUT2D eigenvalue weighted by Crippen LogP contribution is 2.35. The monoisotopic (exact) mass is 468 g/mol. The van der Waals surface area contributed by atoms with Crippen molar-refractivity contribution in [2.45, 2.75) is 46.3 Å². The predicted molar refractivity (Wildman–Crippen MR) is 134 cm³/mol. The Bertz CT molecular complexity index is 1400. The van der Waals surface area contributed by atoms with E-state index in [1.807, 2.05) is 63.2 Å². The molecule has 35 heavy (non-hydrogen) atoms. The number of carbonyl (C=O) groups excluding carboxylic acids is 2. The van der Waals surface area contributed by atoms with Crippen LogP contribution >= 0.6 is 0 Å². The van der Waals surface area contributed by atoms with E-state index in [-0.39, 0.29) is 18.4 Å². The Kier molecular flexibility index (Phi) is 5.55. The highest BCUT2D eigenvalue weighted by Gasteiger charge is 2.49. The van der Waals surface area contributed by atoms with Crippen LogP contribution in [0.1, 0.15) is 39.7 Å². The highest BCUT2D eigenvalue weighted by molar-refractivity contribution is 6.12. The van der Waals surface area contributed by atoms with Crippen molar-refractivity contribution in [2.75, 3.05) is 4.90 Å². The number of nitrogens with one attached hydrogen (secondary N) is 1. The number of aryl methyl sites for hydroxylation is 3. The third-order valence-corrected chi connectivity index (χ3v) is 6.42. The minimum absolute atomic E-state index is 0.210. The summed E-state index contributed by atoms with van der Waals surface area (Å²) in [6.07, 6.45) is 1.57. The number of fused-ring (bicyclic) bond motifs is 1. The fourth-order valence-corrected chi connectivity index (χ4v) is 4.81. The molecule has 7 heteroatoms. The number of anilines is 1. The lowest BCUT2D eigenvalue weighted by atomic mass is 9.93. The van der Waals surface area contributed by atoms with E-state index in [4.69, 9.17) is 4.42 Å². The molecule has 178 valence electrons. The summed E-state index contributed by atoms with van der Waals surface area (Å²) in [4.78, 5) is 29.3. The van der Waals surface area contributed by atoms with E-state index in [1.165, 1.54) is 0 Å². The molecule has 2 amide bonds. The number of aromatic nitrogens is 2. The van der Waals surface area contributed by atoms with E-state index < -0.39 is 5.54 Å². The van der Waals surface area contributed by atoms with Crippen LogP contribution in [-0.2, 0) is 17.9 Å². The van der Waals surface area contributed by atoms with Crippen LogP contribution in [0.25, 0.3) is 11.5 Å². The molecule has 1 aliphatic rings. The van der Waals surface area contributed by atoms with Gasteiger partial charge in [-0.2, -0.15) is 5.10 Å². The number of carbonyl (C=O) groups is 2. The van der Waals surface area contributed by atoms with Crippen LogP contribution in [0, 0.1) is 20.8 Å². The Hall–Kier alpha value is -4.13. The molecule has 3 heterocycles. The number of furan rings is 1. The average molecular weight is 469 g/mol. The van der Waals surface area contributed by atoms with Gasteiger partial charge in [-0.15, -0.1) is 0 Å². The van der Waals surface area contributed by atoms with Gasteiger partial charge in [0.05, 0.1) is 12.8 Å². The van der Waals surface area contributed by atoms with E-state index in [0.717, 1.165) is 22.3 Å². The van der Waals surface area contributed by atoms with Gasteiger partial charge in [0.2, 0.25) is 5.91 Å². The number of hydrogen-bond donors (Lipinski definition) is 1. The summed E-state index contributed by atoms with van der Waals surface area (Å²) in [5, 5.41) is 7.67. The summed E-state index contributed by atoms with van der Waals surface area (Å²) in [6.45, 7) is 8.37. The van der Waals surface area contributed by atoms with Crippen LogP contribution in [0.3, 0.4) is 0 Å². The number of amides is 2. The van der Waals surface area contributed by atoms with Gasteiger partial charge in [-0.3, -0.25) is 19.2 Å². The van der Waals surface area contributed by atoms with Crippen molar-refractivity contribution in [1.29, 1.82) is 0 Å². The van der Waals surface area contributed by atoms with Gasteiger partial charge in [0.15, 0.2) is 5.76 Å². The molecule has 0 fully saturated rings. The van der Waals surface area contributed by atoms with Crippen molar-refractivity contribution in [2.24, 2.45) is 0 Å². The normalized spacial score (nSPS) is 17.4. The maximum Gasteiger partial charge on any atom is 0.277 e. The van der Waals surface area contributed by atoms with E-state index in [2.05, 4.69) is 10.4 Å². The van der Waals surface area contributed by atoms with Crippen LogP contribution in [-0.4, -0.2) is 27.1 Å². The summed E-state index contributed by atoms with van der Waals surface area (Å²) in [5.74, 6) is 0.0511. The Morgan fingerprint density at radius 2 is 1.80 bits per heavy atom. The van der Waals surface area contributed by atoms with Crippen molar-refractivity contribution in [3.05, 3.63) is 94.9 Å². The van der Waals surface area contributed by atoms with Crippen molar-refractivity contribution in [3.8, 4) is 11.5 Å². The Morgan fingerprint density at radius 3 is 2.49 bits per heavy atom. The van der Waals surface area contributed by atoms with Crippen LogP contribution in [0.15, 0.2) is 71.3 Å². The summed E-state index contributed by atoms with van der Waals surface area (Å²) >= 11 is 0. The molecule has 5 rings (SSSR count). The Labute approximate surface area is 204 Å². The second-order valence-electron chi connectivity index (χ2n) is 9.48. The molecule has 0 bridgehead atoms. The zero-order valence-corrected chi connectivity index (χ0v) is 20.3. The van der Waals surface area contributed by atoms with Gasteiger partial charge in [0.1, 0.15) is 16.9 Å². The van der Waals surface area contributed by atoms with E-state index in [9.17, 15) is 9.59 Å². The fraction of sp³-hybridized carbons (Fsp3) is 0.250. The molecule has 4 aromatic rings. The molecule has 1 N–H and O–H groups in total. The van der Waals surface area contributed by atoms with E-state index in [0.29, 0.717) is 29.4 Å². The lowest BCUT2D eigenvalue weighted by Gasteiger charge is -2.43. The SMILES string of the molecule is Cc1cccc(CNC(=O)[C@]2(C)Cn3nc(-c4ccco4)cc3C(=O)N2c2cc(C)cc(C)c2)c1. The van der Waals surface area contributed by atoms with Gasteiger partial charge in [0.25, 0.3) is 5.91 Å². The quantitative estimate of drug-likeness (QED) is 0.456. The minimum Gasteiger partial charge on any atom is -0.463 e. The predicted octanol–water partition coefficient (Wildman–Crippen LogP) is 4.80. The third-order valence-electron chi connectivity index (χ3n) is 6.42. The first kappa shape index (κ1) is 22.7. The maximum atomic E-state index is 13.9. The molecule has 1 atom stereocenters. The first-order chi connectivity index (χ1) is 16.7. The van der Waals surface area contributed by atoms with Gasteiger partial charge < -0.3 is 9.73 Å². The summed E-state index contributed by atoms with van der Waals surface area (Å²) < 4.78 is 7.11. The zero-order chi connectivity index (χ0) is 24.7. The largest absolute Gasteiger partial charge is 0.463 e. The van der Waals surface area contributed by atoms with Gasteiger partial charge in [-0.1, -0.05) is 35.9 Å². The molecule has 0 aliphatic carbocycles. The topological polar surface area (TPSA) is 80.4 Å². The summed E-state index contributed by atoms with van der Waals surface area (Å²) in [5.41, 5.74) is 4.63. The lowest BCUT2D eigenvalue weighted by Crippen LogP contribution is -2.64. The second-order valence-corrected chi connectivity index (χ2v) is 9.48. The van der Waals surface area contributed by atoms with Gasteiger partial charge in [-0.05, 0) is 68.7 Å². The van der Waals surface area contributed by atoms with Crippen LogP contribution < -0.4 is 10.2 Å². The number of rotatable bonds is 5. The molecule has 0 radical (unpaired) electrons. The molecule has 0 unspecified atom stereocenters. The zero-order valence-electron chi connectivity index (χ0n) is 20.3. The molecule has 0 saturated carbocycles. The van der Waals surface area contributed by atoms with Crippen molar-refractivity contribution in [3.63, 3.8) is 0 Å². The highest BCUT2D eigenvalue weighted by atomic mass is 16.3. The van der Waals surface area contributed by atoms with Crippen molar-refractivity contribution < 1.29 is 14.0 Å². The number of hydrogen-bond acceptors (Lipinski definition) is 4. The molecule has 7 nitrogen and oxygen atoms in total. The third kappa shape index (κ3) is 4.14. The first-order valence-corrected chi connectivity index (χ1v) is 11.6. The molecule has 0 saturated heterocycles. The fourth-order valence-electron chi connectivity index (χ4n) is 4.81. The molecule has 2 aromatic heterocycles. The molecule has 1 aliphatic heterocycles. The van der Waals surface area contributed by atoms with Gasteiger partial charge >= 0.3 is 0 Å². The molecular formula is C28H28N4O3. The summed E-state index contributed by atoms with van der Waals surface area (Å²) in [6, 6.07) is 19.2. The maximum absolute atomic E-state index is 13.9. The Morgan fingerprint density at radius 1 is 1.03 bits per heavy atom. The smallest absolute Gasteiger partial charge is 0.277 e. The molecule has 0 spiro atoms. The second kappa shape index (κ2) is 8.58. The van der Waals surface area contributed by atoms with Crippen molar-refractivity contribution >= 4 is 17.5 Å². The number of benzene rings is 2. The van der Waals surface area contributed by atoms with Crippen LogP contribution in [0.2, 0.25) is 0 Å². The molecular weight excluding hydrogens is 440 g/mol. The van der Waals surface area contributed by atoms with Crippen LogP contribution in [0.4, 0.5) is 5.69 Å².